The van der Waals surface area contributed by atoms with Gasteiger partial charge in [-0.05, 0) is 36.7 Å². The van der Waals surface area contributed by atoms with Crippen molar-refractivity contribution in [2.45, 2.75) is 6.17 Å². The molecule has 0 bridgehead atoms. The van der Waals surface area contributed by atoms with Crippen molar-refractivity contribution in [2.24, 2.45) is 0 Å². The number of aromatic nitrogens is 1. The molecule has 0 saturated heterocycles. The Morgan fingerprint density at radius 1 is 0.689 bits per heavy atom. The molecule has 9 rings (SSSR count). The third-order valence-corrected chi connectivity index (χ3v) is 8.55. The van der Waals surface area contributed by atoms with Crippen LogP contribution in [0.25, 0.3) is 49.4 Å². The number of furan rings is 1. The summed E-state index contributed by atoms with van der Waals surface area (Å²) in [5.41, 5.74) is 8.09. The van der Waals surface area contributed by atoms with E-state index in [0.717, 1.165) is 66.5 Å². The maximum absolute atomic E-state index is 16.5. The Bertz CT molecular complexity index is 2380. The summed E-state index contributed by atoms with van der Waals surface area (Å²) >= 11 is 0. The normalized spacial score (nSPS) is 13.6. The van der Waals surface area contributed by atoms with Crippen molar-refractivity contribution in [3.63, 3.8) is 0 Å². The molecule has 45 heavy (non-hydrogen) atoms. The standard InChI is InChI=1S/C39H24FN3O.Pd/c1-41-24-42(33-16-7-6-15-32(33)41)28-13-9-10-25(22-28)38(40)26-18-19-29-30-20-21-36-37(31-14-5-8-17-35(31)44-36)39(30)43(34(29)23-26)27-11-3-2-4-12-27;/h2-11,13-21,24,38H,1H3;/q-4;. The number of halogens is 1. The largest absolute Gasteiger partial charge is 0.504 e. The SMILES string of the molecule is CN1[CH-]N(c2[c-]c(C(F)c3[c-]c4c(cc3)c3ccc5oc6ccccc6c5c3n4-c3[c-]cccc3)ccc2)c2ccccc21.[Pd]. The maximum Gasteiger partial charge on any atom is 0.137 e. The van der Waals surface area contributed by atoms with Crippen molar-refractivity contribution >= 4 is 60.8 Å². The Morgan fingerprint density at radius 3 is 2.31 bits per heavy atom. The van der Waals surface area contributed by atoms with Crippen LogP contribution in [-0.4, -0.2) is 11.6 Å². The summed E-state index contributed by atoms with van der Waals surface area (Å²) in [5.74, 6) is 0. The van der Waals surface area contributed by atoms with Gasteiger partial charge in [-0.25, -0.2) is 4.39 Å². The minimum atomic E-state index is -1.42. The molecule has 0 fully saturated rings. The van der Waals surface area contributed by atoms with E-state index in [1.807, 2.05) is 104 Å². The van der Waals surface area contributed by atoms with E-state index in [1.165, 1.54) is 0 Å². The van der Waals surface area contributed by atoms with E-state index in [9.17, 15) is 0 Å². The average Bonchev–Trinajstić information content (AvgIpc) is 3.73. The van der Waals surface area contributed by atoms with Crippen LogP contribution in [-0.2, 0) is 20.4 Å². The molecule has 0 N–H and O–H groups in total. The van der Waals surface area contributed by atoms with Gasteiger partial charge in [0.15, 0.2) is 0 Å². The average molecular weight is 676 g/mol. The van der Waals surface area contributed by atoms with Gasteiger partial charge in [0.1, 0.15) is 17.3 Å². The van der Waals surface area contributed by atoms with Gasteiger partial charge in [-0.15, -0.1) is 28.3 Å². The van der Waals surface area contributed by atoms with Crippen LogP contribution in [0.5, 0.6) is 0 Å². The summed E-state index contributed by atoms with van der Waals surface area (Å²) in [4.78, 5) is 4.10. The number of benzene rings is 6. The number of nitrogens with zero attached hydrogens (tertiary/aromatic N) is 3. The molecule has 0 saturated carbocycles. The monoisotopic (exact) mass is 675 g/mol. The summed E-state index contributed by atoms with van der Waals surface area (Å²) in [6, 6.07) is 47.9. The summed E-state index contributed by atoms with van der Waals surface area (Å²) in [6.07, 6.45) is -1.42. The smallest absolute Gasteiger partial charge is 0.137 e. The topological polar surface area (TPSA) is 24.6 Å². The molecule has 0 radical (unpaired) electrons. The molecule has 0 aliphatic carbocycles. The van der Waals surface area contributed by atoms with Crippen LogP contribution in [0.15, 0.2) is 120 Å². The fraction of sp³-hybridized carbons (Fsp3) is 0.0513. The summed E-state index contributed by atoms with van der Waals surface area (Å²) in [6.45, 7) is 2.00. The molecule has 1 atom stereocenters. The van der Waals surface area contributed by atoms with Crippen LogP contribution in [0.2, 0.25) is 0 Å². The molecule has 3 heterocycles. The zero-order chi connectivity index (χ0) is 29.4. The third kappa shape index (κ3) is 4.21. The minimum Gasteiger partial charge on any atom is -0.504 e. The van der Waals surface area contributed by atoms with Gasteiger partial charge in [0.05, 0.1) is 5.39 Å². The van der Waals surface area contributed by atoms with E-state index in [0.29, 0.717) is 11.1 Å². The predicted octanol–water partition coefficient (Wildman–Crippen LogP) is 9.85. The van der Waals surface area contributed by atoms with Crippen LogP contribution in [0.4, 0.5) is 21.5 Å². The molecule has 1 unspecified atom stereocenters. The Kier molecular flexibility index (Phi) is 6.53. The van der Waals surface area contributed by atoms with E-state index < -0.39 is 6.17 Å². The Balaban J connectivity index is 0.00000300. The predicted molar refractivity (Wildman–Crippen MR) is 175 cm³/mol. The zero-order valence-electron chi connectivity index (χ0n) is 24.1. The quantitative estimate of drug-likeness (QED) is 0.137. The molecule has 6 heteroatoms. The van der Waals surface area contributed by atoms with Gasteiger partial charge in [0, 0.05) is 42.7 Å². The molecule has 222 valence electrons. The second kappa shape index (κ2) is 10.6. The molecule has 0 amide bonds. The molecular weight excluding hydrogens is 652 g/mol. The van der Waals surface area contributed by atoms with E-state index >= 15 is 4.39 Å². The van der Waals surface area contributed by atoms with Crippen LogP contribution >= 0.6 is 0 Å². The van der Waals surface area contributed by atoms with E-state index in [1.54, 1.807) is 6.07 Å². The van der Waals surface area contributed by atoms with Gasteiger partial charge in [-0.1, -0.05) is 47.6 Å². The van der Waals surface area contributed by atoms with Crippen LogP contribution in [0, 0.1) is 24.9 Å². The first kappa shape index (κ1) is 27.6. The number of para-hydroxylation sites is 4. The number of rotatable bonds is 4. The van der Waals surface area contributed by atoms with Gasteiger partial charge < -0.3 is 18.8 Å². The minimum absolute atomic E-state index is 0. The molecular formula is C39H24FN3OPd-4. The summed E-state index contributed by atoms with van der Waals surface area (Å²) < 4.78 is 24.9. The number of anilines is 3. The molecule has 1 aliphatic heterocycles. The number of hydrogen-bond acceptors (Lipinski definition) is 3. The van der Waals surface area contributed by atoms with Gasteiger partial charge >= 0.3 is 0 Å². The molecule has 8 aromatic rings. The van der Waals surface area contributed by atoms with Gasteiger partial charge in [-0.3, -0.25) is 0 Å². The fourth-order valence-electron chi connectivity index (χ4n) is 6.55. The van der Waals surface area contributed by atoms with Crippen LogP contribution in [0.3, 0.4) is 0 Å². The summed E-state index contributed by atoms with van der Waals surface area (Å²) in [7, 11) is 2.01. The Morgan fingerprint density at radius 2 is 1.44 bits per heavy atom. The van der Waals surface area contributed by atoms with Crippen molar-refractivity contribution in [1.29, 1.82) is 0 Å². The van der Waals surface area contributed by atoms with Crippen molar-refractivity contribution in [3.05, 3.63) is 151 Å². The summed E-state index contributed by atoms with van der Waals surface area (Å²) in [5, 5.41) is 4.10. The maximum atomic E-state index is 16.5. The van der Waals surface area contributed by atoms with E-state index in [-0.39, 0.29) is 20.4 Å². The molecule has 1 aliphatic rings. The van der Waals surface area contributed by atoms with Crippen molar-refractivity contribution < 1.29 is 29.2 Å². The second-order valence-corrected chi connectivity index (χ2v) is 11.1. The first-order valence-corrected chi connectivity index (χ1v) is 14.6. The number of hydrogen-bond donors (Lipinski definition) is 0. The Hall–Kier alpha value is -4.89. The molecule has 2 aromatic heterocycles. The first-order chi connectivity index (χ1) is 21.7. The van der Waals surface area contributed by atoms with Crippen molar-refractivity contribution in [2.75, 3.05) is 16.8 Å². The molecule has 4 nitrogen and oxygen atoms in total. The molecule has 6 aromatic carbocycles. The fourth-order valence-corrected chi connectivity index (χ4v) is 6.55. The van der Waals surface area contributed by atoms with Gasteiger partial charge in [-0.2, -0.15) is 73.4 Å². The zero-order valence-corrected chi connectivity index (χ0v) is 25.6. The first-order valence-electron chi connectivity index (χ1n) is 14.6. The molecule has 0 spiro atoms. The van der Waals surface area contributed by atoms with E-state index in [2.05, 4.69) is 51.9 Å². The van der Waals surface area contributed by atoms with Crippen molar-refractivity contribution in [1.82, 2.24) is 4.57 Å². The number of fused-ring (bicyclic) bond motifs is 8. The Labute approximate surface area is 273 Å². The van der Waals surface area contributed by atoms with Gasteiger partial charge in [0.2, 0.25) is 0 Å². The van der Waals surface area contributed by atoms with Crippen LogP contribution in [0.1, 0.15) is 17.3 Å². The van der Waals surface area contributed by atoms with Crippen LogP contribution < -0.4 is 9.80 Å². The van der Waals surface area contributed by atoms with E-state index in [4.69, 9.17) is 4.42 Å². The van der Waals surface area contributed by atoms with Crippen molar-refractivity contribution in [3.8, 4) is 5.69 Å². The second-order valence-electron chi connectivity index (χ2n) is 11.1. The van der Waals surface area contributed by atoms with Gasteiger partial charge in [0.25, 0.3) is 0 Å². The third-order valence-electron chi connectivity index (χ3n) is 8.55. The number of alkyl halides is 1.